The molecule has 0 amide bonds. The summed E-state index contributed by atoms with van der Waals surface area (Å²) in [6, 6.07) is 0. The number of rotatable bonds is 17. The summed E-state index contributed by atoms with van der Waals surface area (Å²) in [5.41, 5.74) is 0. The summed E-state index contributed by atoms with van der Waals surface area (Å²) in [5.74, 6) is 0. The number of ether oxygens (including phenoxy) is 13. The van der Waals surface area contributed by atoms with E-state index in [1.165, 1.54) is 0 Å². The average Bonchev–Trinajstić information content (AvgIpc) is 3.38. The molecule has 34 heteroatoms. The van der Waals surface area contributed by atoms with Crippen LogP contribution in [0.4, 0.5) is 4.39 Å². The third-order valence-corrected chi connectivity index (χ3v) is 13.7. The fraction of sp³-hybridized carbons (Fsp3) is 1.00. The second-order valence-electron chi connectivity index (χ2n) is 18.7. The van der Waals surface area contributed by atoms with Gasteiger partial charge < -0.3 is 164 Å². The lowest BCUT2D eigenvalue weighted by molar-refractivity contribution is -0.396. The maximum Gasteiger partial charge on any atom is 0.228 e. The molecule has 7 rings (SSSR count). The Kier molecular flexibility index (Phi) is 21.0. The van der Waals surface area contributed by atoms with E-state index in [0.717, 1.165) is 0 Å². The Morgan fingerprint density at radius 3 is 0.986 bits per heavy atom. The van der Waals surface area contributed by atoms with Crippen molar-refractivity contribution in [1.82, 2.24) is 0 Å². The van der Waals surface area contributed by atoms with E-state index in [1.807, 2.05) is 0 Å². The monoisotopic (exact) mass is 1090 g/mol. The molecule has 20 N–H and O–H groups in total. The molecular weight excluding hydrogens is 1030 g/mol. The Morgan fingerprint density at radius 2 is 0.608 bits per heavy atom. The van der Waals surface area contributed by atoms with Crippen LogP contribution in [0.15, 0.2) is 0 Å². The summed E-state index contributed by atoms with van der Waals surface area (Å²) in [6.45, 7) is -5.84. The highest BCUT2D eigenvalue weighted by Gasteiger charge is 2.57. The van der Waals surface area contributed by atoms with Gasteiger partial charge in [0.15, 0.2) is 37.7 Å². The maximum absolute atomic E-state index is 14.3. The van der Waals surface area contributed by atoms with Gasteiger partial charge in [-0.2, -0.15) is 0 Å². The van der Waals surface area contributed by atoms with Gasteiger partial charge in [-0.1, -0.05) is 0 Å². The predicted molar refractivity (Wildman–Crippen MR) is 219 cm³/mol. The quantitative estimate of drug-likeness (QED) is 0.0643. The smallest absolute Gasteiger partial charge is 0.228 e. The van der Waals surface area contributed by atoms with Crippen LogP contribution in [0.2, 0.25) is 0 Å². The predicted octanol–water partition coefficient (Wildman–Crippen LogP) is -14.0. The molecule has 0 aromatic carbocycles. The van der Waals surface area contributed by atoms with Gasteiger partial charge >= 0.3 is 0 Å². The molecule has 0 aromatic rings. The number of alkyl halides is 1. The van der Waals surface area contributed by atoms with Crippen molar-refractivity contribution >= 4 is 0 Å². The van der Waals surface area contributed by atoms with Crippen LogP contribution in [0.3, 0.4) is 0 Å². The summed E-state index contributed by atoms with van der Waals surface area (Å²) in [5, 5.41) is 212. The van der Waals surface area contributed by atoms with E-state index in [0.29, 0.717) is 0 Å². The highest BCUT2D eigenvalue weighted by Crippen LogP contribution is 2.37. The van der Waals surface area contributed by atoms with E-state index in [4.69, 9.17) is 61.6 Å². The summed E-state index contributed by atoms with van der Waals surface area (Å²) >= 11 is 0. The zero-order valence-electron chi connectivity index (χ0n) is 38.6. The lowest BCUT2D eigenvalue weighted by Crippen LogP contribution is -2.68. The van der Waals surface area contributed by atoms with E-state index in [1.54, 1.807) is 0 Å². The zero-order valence-corrected chi connectivity index (χ0v) is 38.6. The normalized spacial score (nSPS) is 53.7. The van der Waals surface area contributed by atoms with Crippen LogP contribution in [0, 0.1) is 0 Å². The van der Waals surface area contributed by atoms with E-state index in [-0.39, 0.29) is 0 Å². The van der Waals surface area contributed by atoms with Gasteiger partial charge in [-0.25, -0.2) is 4.39 Å². The van der Waals surface area contributed by atoms with Gasteiger partial charge in [-0.05, 0) is 0 Å². The van der Waals surface area contributed by atoms with E-state index in [2.05, 4.69) is 0 Å². The van der Waals surface area contributed by atoms with Crippen LogP contribution in [-0.2, 0) is 61.6 Å². The van der Waals surface area contributed by atoms with Gasteiger partial charge in [-0.15, -0.1) is 0 Å². The second-order valence-corrected chi connectivity index (χ2v) is 18.7. The molecule has 7 fully saturated rings. The molecule has 0 aliphatic carbocycles. The summed E-state index contributed by atoms with van der Waals surface area (Å²) in [7, 11) is 0. The van der Waals surface area contributed by atoms with Crippen LogP contribution in [0.25, 0.3) is 0 Å². The van der Waals surface area contributed by atoms with E-state index in [9.17, 15) is 107 Å². The van der Waals surface area contributed by atoms with Crippen molar-refractivity contribution in [3.05, 3.63) is 0 Å². The largest absolute Gasteiger partial charge is 0.394 e. The van der Waals surface area contributed by atoms with Crippen molar-refractivity contribution < 1.29 is 168 Å². The van der Waals surface area contributed by atoms with Crippen molar-refractivity contribution in [3.63, 3.8) is 0 Å². The number of hydrogen-bond donors (Lipinski definition) is 20. The molecule has 7 saturated heterocycles. The first-order chi connectivity index (χ1) is 35.0. The van der Waals surface area contributed by atoms with Gasteiger partial charge in [0.25, 0.3) is 0 Å². The van der Waals surface area contributed by atoms with Crippen LogP contribution >= 0.6 is 0 Å². The molecule has 0 saturated carbocycles. The van der Waals surface area contributed by atoms with Gasteiger partial charge in [0, 0.05) is 0 Å². The average molecular weight is 1090 g/mol. The Bertz CT molecular complexity index is 1720. The number of hydrogen-bond acceptors (Lipinski definition) is 33. The standard InChI is InChI=1S/C40H67FO33/c41-34-23(55)19(51)30(11(2-43)66-34)71-39-28(60)21(53)33(14(69-39)7-65-36-25(57)16(48)9(46)5-63-36)74-40-29(61)22(54)32(13(70-40)6-64-35-24(56)15(47)8(45)4-62-35)73-38-27(59)20(52)31(12(3-44)68-38)72-37-26(58)18(50)17(49)10(1-42)67-37/h8-40,42-61H,1-7H2/t8-,9-,10-,11-,12-,13-,14-,15+,16+,17+,18+,19-,20-,21-,22-,23-,24-,25-,26-,27-,28-,29-,30-,31-,32-,33-,34+,35-,36-,37+,38+,39+,40+/m1/s1. The summed E-state index contributed by atoms with van der Waals surface area (Å²) in [6.07, 6.45) is -64.8. The molecule has 0 unspecified atom stereocenters. The van der Waals surface area contributed by atoms with E-state index >= 15 is 0 Å². The van der Waals surface area contributed by atoms with Crippen LogP contribution in [0.5, 0.6) is 0 Å². The van der Waals surface area contributed by atoms with Crippen molar-refractivity contribution in [3.8, 4) is 0 Å². The highest BCUT2D eigenvalue weighted by atomic mass is 19.1. The molecule has 0 bridgehead atoms. The van der Waals surface area contributed by atoms with Gasteiger partial charge in [0.2, 0.25) is 6.36 Å². The third kappa shape index (κ3) is 12.6. The Labute approximate surface area is 416 Å². The second kappa shape index (κ2) is 25.8. The van der Waals surface area contributed by atoms with Crippen molar-refractivity contribution in [2.24, 2.45) is 0 Å². The molecule has 0 spiro atoms. The van der Waals surface area contributed by atoms with E-state index < -0.39 is 249 Å². The summed E-state index contributed by atoms with van der Waals surface area (Å²) < 4.78 is 86.7. The van der Waals surface area contributed by atoms with Gasteiger partial charge in [0.1, 0.15) is 159 Å². The lowest BCUT2D eigenvalue weighted by atomic mass is 9.95. The first kappa shape index (κ1) is 60.3. The number of aliphatic hydroxyl groups excluding tert-OH is 20. The third-order valence-electron chi connectivity index (χ3n) is 13.7. The Hall–Kier alpha value is -1.39. The van der Waals surface area contributed by atoms with Gasteiger partial charge in [0.05, 0.1) is 46.2 Å². The fourth-order valence-corrected chi connectivity index (χ4v) is 9.21. The number of aliphatic hydroxyl groups is 20. The first-order valence-corrected chi connectivity index (χ1v) is 23.4. The minimum absolute atomic E-state index is 0.560. The lowest BCUT2D eigenvalue weighted by Gasteiger charge is -2.50. The zero-order chi connectivity index (χ0) is 54.2. The Balaban J connectivity index is 1.12. The number of halogens is 1. The molecule has 7 aliphatic rings. The Morgan fingerprint density at radius 1 is 0.311 bits per heavy atom. The topological polar surface area (TPSA) is 525 Å². The molecular formula is C40H67FO33. The molecule has 7 heterocycles. The molecule has 74 heavy (non-hydrogen) atoms. The van der Waals surface area contributed by atoms with Crippen LogP contribution in [-0.4, -0.2) is 351 Å². The highest BCUT2D eigenvalue weighted by molar-refractivity contribution is 5.00. The fourth-order valence-electron chi connectivity index (χ4n) is 9.21. The molecule has 33 nitrogen and oxygen atoms in total. The van der Waals surface area contributed by atoms with Gasteiger partial charge in [-0.3, -0.25) is 0 Å². The first-order valence-electron chi connectivity index (χ1n) is 23.4. The van der Waals surface area contributed by atoms with Crippen LogP contribution < -0.4 is 0 Å². The minimum Gasteiger partial charge on any atom is -0.394 e. The minimum atomic E-state index is -2.50. The molecule has 432 valence electrons. The SMILES string of the molecule is OC[C@H]1O[C@@H](O[C@H]2[C@H](O)[C@@H](O)[C@H](O[C@H]3[C@H](O)[C@@H](O)[C@H](O[C@H]4[C@H](O)[C@@H](O)[C@H](O[C@H]5[C@H](O)[C@@H](O)[C@@H](F)O[C@@H]5CO)O[C@@H]4CO[C@H]4OC[C@@H](O)[C@H](O)[C@H]4O)O[C@@H]3CO[C@H]3OC[C@@H](O)[C@H](O)[C@H]3O)O[C@@H]2CO)[C@H](O)[C@@H](O)[C@H]1O. The molecule has 7 aliphatic heterocycles. The maximum atomic E-state index is 14.3. The molecule has 33 atom stereocenters. The van der Waals surface area contributed by atoms with Crippen LogP contribution in [0.1, 0.15) is 0 Å². The molecule has 0 radical (unpaired) electrons. The van der Waals surface area contributed by atoms with Crippen molar-refractivity contribution in [2.45, 2.75) is 203 Å². The van der Waals surface area contributed by atoms with Crippen molar-refractivity contribution in [2.75, 3.05) is 46.2 Å². The summed E-state index contributed by atoms with van der Waals surface area (Å²) in [4.78, 5) is 0. The van der Waals surface area contributed by atoms with Crippen molar-refractivity contribution in [1.29, 1.82) is 0 Å². The molecule has 0 aromatic heterocycles.